The number of H-pyrrole nitrogens is 1. The molecule has 0 bridgehead atoms. The molecule has 0 aliphatic carbocycles. The molecule has 1 aliphatic rings. The Hall–Kier alpha value is -3.91. The number of halogens is 1. The molecule has 0 spiro atoms. The van der Waals surface area contributed by atoms with Gasteiger partial charge in [0.1, 0.15) is 5.56 Å². The minimum atomic E-state index is -0.824. The molecule has 0 saturated heterocycles. The number of benzene rings is 2. The zero-order valence-electron chi connectivity index (χ0n) is 17.5. The largest absolute Gasteiger partial charge is 0.494 e. The predicted octanol–water partition coefficient (Wildman–Crippen LogP) is 3.31. The van der Waals surface area contributed by atoms with Gasteiger partial charge in [-0.1, -0.05) is 17.7 Å². The number of aromatic nitrogens is 2. The van der Waals surface area contributed by atoms with E-state index in [-0.39, 0.29) is 11.1 Å². The summed E-state index contributed by atoms with van der Waals surface area (Å²) >= 11 is 5.89. The van der Waals surface area contributed by atoms with Gasteiger partial charge in [0, 0.05) is 5.02 Å². The van der Waals surface area contributed by atoms with Crippen molar-refractivity contribution in [3.8, 4) is 11.6 Å². The molecular weight excluding hydrogens is 432 g/mol. The third kappa shape index (κ3) is 3.65. The second-order valence-electron chi connectivity index (χ2n) is 7.44. The average Bonchev–Trinajstić information content (AvgIpc) is 3.02. The molecule has 2 heterocycles. The number of hydrogen-bond acceptors (Lipinski definition) is 5. The van der Waals surface area contributed by atoms with Crippen LogP contribution in [0.25, 0.3) is 11.8 Å². The van der Waals surface area contributed by atoms with Crippen molar-refractivity contribution in [3.05, 3.63) is 90.6 Å². The zero-order valence-corrected chi connectivity index (χ0v) is 18.3. The van der Waals surface area contributed by atoms with Crippen molar-refractivity contribution in [2.45, 2.75) is 20.8 Å². The summed E-state index contributed by atoms with van der Waals surface area (Å²) in [5, 5.41) is 16.8. The molecule has 8 nitrogen and oxygen atoms in total. The van der Waals surface area contributed by atoms with Gasteiger partial charge in [0.25, 0.3) is 11.5 Å². The molecule has 0 atom stereocenters. The molecule has 2 N–H and O–H groups in total. The van der Waals surface area contributed by atoms with E-state index in [1.54, 1.807) is 25.1 Å². The molecule has 162 valence electrons. The highest BCUT2D eigenvalue weighted by Crippen LogP contribution is 2.28. The Bertz CT molecular complexity index is 1430. The SMILES string of the molecule is CC1=NN(c2ccc(C)c(C)c2)C(=O)/C1=C/c1c(O)n(-c2ccc(Cl)cc2)c(=O)[nH]c1=O. The molecule has 9 heteroatoms. The van der Waals surface area contributed by atoms with Crippen LogP contribution in [-0.4, -0.2) is 26.3 Å². The standard InChI is InChI=1S/C23H19ClN4O4/c1-12-4-7-17(10-13(12)2)28-22(31)18(14(3)26-28)11-19-20(29)25-23(32)27(21(19)30)16-8-5-15(24)6-9-16/h4-11,30H,1-3H3,(H,25,29,32)/b18-11+. The Balaban J connectivity index is 1.81. The molecule has 1 amide bonds. The Labute approximate surface area is 187 Å². The van der Waals surface area contributed by atoms with Gasteiger partial charge in [0.05, 0.1) is 22.7 Å². The summed E-state index contributed by atoms with van der Waals surface area (Å²) in [5.74, 6) is -1.05. The van der Waals surface area contributed by atoms with Gasteiger partial charge in [-0.15, -0.1) is 0 Å². The first kappa shape index (κ1) is 21.3. The lowest BCUT2D eigenvalue weighted by atomic mass is 10.1. The van der Waals surface area contributed by atoms with Crippen LogP contribution in [0.5, 0.6) is 5.88 Å². The van der Waals surface area contributed by atoms with Crippen LogP contribution in [0.15, 0.2) is 62.7 Å². The van der Waals surface area contributed by atoms with Crippen LogP contribution >= 0.6 is 11.6 Å². The highest BCUT2D eigenvalue weighted by atomic mass is 35.5. The Morgan fingerprint density at radius 2 is 1.62 bits per heavy atom. The number of hydrazone groups is 1. The number of aromatic hydroxyl groups is 1. The van der Waals surface area contributed by atoms with E-state index in [1.165, 1.54) is 23.2 Å². The van der Waals surface area contributed by atoms with Gasteiger partial charge < -0.3 is 5.11 Å². The topological polar surface area (TPSA) is 108 Å². The first-order chi connectivity index (χ1) is 15.2. The van der Waals surface area contributed by atoms with Gasteiger partial charge in [-0.2, -0.15) is 10.1 Å². The van der Waals surface area contributed by atoms with Gasteiger partial charge >= 0.3 is 5.69 Å². The average molecular weight is 451 g/mol. The van der Waals surface area contributed by atoms with E-state index in [2.05, 4.69) is 10.1 Å². The molecule has 32 heavy (non-hydrogen) atoms. The van der Waals surface area contributed by atoms with E-state index in [1.807, 2.05) is 26.0 Å². The molecule has 2 aromatic carbocycles. The van der Waals surface area contributed by atoms with Crippen LogP contribution in [0.1, 0.15) is 23.6 Å². The Morgan fingerprint density at radius 1 is 0.969 bits per heavy atom. The van der Waals surface area contributed by atoms with Crippen molar-refractivity contribution in [2.24, 2.45) is 5.10 Å². The molecule has 1 aromatic heterocycles. The van der Waals surface area contributed by atoms with Crippen molar-refractivity contribution in [1.29, 1.82) is 0 Å². The van der Waals surface area contributed by atoms with Crippen LogP contribution in [0, 0.1) is 13.8 Å². The van der Waals surface area contributed by atoms with Crippen LogP contribution < -0.4 is 16.3 Å². The number of nitrogens with one attached hydrogen (secondary N) is 1. The number of aromatic amines is 1. The lowest BCUT2D eigenvalue weighted by Crippen LogP contribution is -2.30. The van der Waals surface area contributed by atoms with Crippen LogP contribution in [-0.2, 0) is 4.79 Å². The molecular formula is C23H19ClN4O4. The molecule has 0 fully saturated rings. The van der Waals surface area contributed by atoms with Gasteiger partial charge in [0.15, 0.2) is 0 Å². The maximum atomic E-state index is 13.1. The fraction of sp³-hybridized carbons (Fsp3) is 0.130. The molecule has 1 aliphatic heterocycles. The third-order valence-corrected chi connectivity index (χ3v) is 5.54. The smallest absolute Gasteiger partial charge is 0.335 e. The van der Waals surface area contributed by atoms with E-state index >= 15 is 0 Å². The van der Waals surface area contributed by atoms with Crippen molar-refractivity contribution < 1.29 is 9.90 Å². The Kier molecular flexibility index (Phi) is 5.31. The molecule has 0 unspecified atom stereocenters. The van der Waals surface area contributed by atoms with Gasteiger partial charge in [-0.25, -0.2) is 9.36 Å². The normalized spacial score (nSPS) is 14.9. The van der Waals surface area contributed by atoms with E-state index in [4.69, 9.17) is 11.6 Å². The summed E-state index contributed by atoms with van der Waals surface area (Å²) in [6, 6.07) is 11.7. The van der Waals surface area contributed by atoms with E-state index in [9.17, 15) is 19.5 Å². The first-order valence-electron chi connectivity index (χ1n) is 9.70. The van der Waals surface area contributed by atoms with Crippen LogP contribution in [0.2, 0.25) is 5.02 Å². The molecule has 3 aromatic rings. The van der Waals surface area contributed by atoms with E-state index < -0.39 is 23.0 Å². The quantitative estimate of drug-likeness (QED) is 0.597. The number of carbonyl (C=O) groups excluding carboxylic acids is 1. The van der Waals surface area contributed by atoms with E-state index in [0.29, 0.717) is 22.1 Å². The second kappa shape index (κ2) is 7.97. The highest BCUT2D eigenvalue weighted by Gasteiger charge is 2.30. The van der Waals surface area contributed by atoms with Crippen molar-refractivity contribution in [1.82, 2.24) is 9.55 Å². The summed E-state index contributed by atoms with van der Waals surface area (Å²) in [5.41, 5.74) is 1.59. The molecule has 4 rings (SSSR count). The Morgan fingerprint density at radius 3 is 2.28 bits per heavy atom. The lowest BCUT2D eigenvalue weighted by molar-refractivity contribution is -0.114. The number of anilines is 1. The van der Waals surface area contributed by atoms with E-state index in [0.717, 1.165) is 15.7 Å². The van der Waals surface area contributed by atoms with Gasteiger partial charge in [-0.05, 0) is 74.4 Å². The van der Waals surface area contributed by atoms with Crippen LogP contribution in [0.3, 0.4) is 0 Å². The summed E-state index contributed by atoms with van der Waals surface area (Å²) < 4.78 is 0.928. The van der Waals surface area contributed by atoms with Crippen LogP contribution in [0.4, 0.5) is 5.69 Å². The number of amides is 1. The zero-order chi connectivity index (χ0) is 23.2. The number of carbonyl (C=O) groups is 1. The lowest BCUT2D eigenvalue weighted by Gasteiger charge is -2.13. The van der Waals surface area contributed by atoms with Gasteiger partial charge in [0.2, 0.25) is 5.88 Å². The maximum absolute atomic E-state index is 13.1. The third-order valence-electron chi connectivity index (χ3n) is 5.29. The number of rotatable bonds is 3. The fourth-order valence-corrected chi connectivity index (χ4v) is 3.49. The summed E-state index contributed by atoms with van der Waals surface area (Å²) in [6.07, 6.45) is 1.24. The summed E-state index contributed by atoms with van der Waals surface area (Å²) in [4.78, 5) is 40.1. The summed E-state index contributed by atoms with van der Waals surface area (Å²) in [7, 11) is 0. The van der Waals surface area contributed by atoms with Gasteiger partial charge in [-0.3, -0.25) is 14.6 Å². The fourth-order valence-electron chi connectivity index (χ4n) is 3.36. The monoisotopic (exact) mass is 450 g/mol. The minimum Gasteiger partial charge on any atom is -0.494 e. The second-order valence-corrected chi connectivity index (χ2v) is 7.87. The molecule has 0 saturated carbocycles. The minimum absolute atomic E-state index is 0.130. The predicted molar refractivity (Wildman–Crippen MR) is 124 cm³/mol. The summed E-state index contributed by atoms with van der Waals surface area (Å²) in [6.45, 7) is 5.53. The number of aryl methyl sites for hydroxylation is 2. The molecule has 0 radical (unpaired) electrons. The van der Waals surface area contributed by atoms with Crippen molar-refractivity contribution in [2.75, 3.05) is 5.01 Å². The highest BCUT2D eigenvalue weighted by molar-refractivity contribution is 6.32. The first-order valence-corrected chi connectivity index (χ1v) is 10.1. The number of nitrogens with zero attached hydrogens (tertiary/aromatic N) is 3. The van der Waals surface area contributed by atoms with Crippen molar-refractivity contribution >= 4 is 35.0 Å². The number of hydrogen-bond donors (Lipinski definition) is 2. The maximum Gasteiger partial charge on any atom is 0.335 e. The van der Waals surface area contributed by atoms with Crippen molar-refractivity contribution in [3.63, 3.8) is 0 Å².